The molecule has 2 rings (SSSR count). The predicted octanol–water partition coefficient (Wildman–Crippen LogP) is 5.57. The summed E-state index contributed by atoms with van der Waals surface area (Å²) in [6.07, 6.45) is -0.546. The Hall–Kier alpha value is -2.46. The van der Waals surface area contributed by atoms with Crippen LogP contribution in [0.15, 0.2) is 53.7 Å². The van der Waals surface area contributed by atoms with Crippen molar-refractivity contribution in [3.63, 3.8) is 0 Å². The molecular formula is C24H31F3N2O4S. The fourth-order valence-corrected chi connectivity index (χ4v) is 5.27. The summed E-state index contributed by atoms with van der Waals surface area (Å²) in [5.41, 5.74) is 0.716. The maximum atomic E-state index is 13.0. The van der Waals surface area contributed by atoms with Crippen LogP contribution in [0.4, 0.5) is 13.2 Å². The fourth-order valence-electron chi connectivity index (χ4n) is 3.64. The SMILES string of the molecule is CCCN(CCC)S(=O)(=O)c1ccc(C(=O)OCCCC(CC(F)(F)F)c2ccncc2)cc1. The molecule has 2 aromatic rings. The van der Waals surface area contributed by atoms with Gasteiger partial charge in [0.2, 0.25) is 10.0 Å². The molecule has 0 aliphatic carbocycles. The van der Waals surface area contributed by atoms with Gasteiger partial charge in [0.05, 0.1) is 23.5 Å². The number of rotatable bonds is 13. The number of hydrogen-bond acceptors (Lipinski definition) is 5. The minimum absolute atomic E-state index is 0.0426. The molecular weight excluding hydrogens is 469 g/mol. The average Bonchev–Trinajstić information content (AvgIpc) is 2.80. The van der Waals surface area contributed by atoms with Gasteiger partial charge in [0.15, 0.2) is 0 Å². The normalized spacial score (nSPS) is 13.1. The number of esters is 1. The third-order valence-electron chi connectivity index (χ3n) is 5.26. The second-order valence-corrected chi connectivity index (χ2v) is 9.94. The van der Waals surface area contributed by atoms with Gasteiger partial charge >= 0.3 is 12.1 Å². The molecule has 6 nitrogen and oxygen atoms in total. The van der Waals surface area contributed by atoms with Gasteiger partial charge < -0.3 is 4.74 Å². The molecule has 0 radical (unpaired) electrons. The van der Waals surface area contributed by atoms with Crippen LogP contribution in [0.2, 0.25) is 0 Å². The van der Waals surface area contributed by atoms with Crippen molar-refractivity contribution in [3.05, 3.63) is 59.9 Å². The lowest BCUT2D eigenvalue weighted by Gasteiger charge is -2.21. The lowest BCUT2D eigenvalue weighted by Crippen LogP contribution is -2.32. The number of carbonyl (C=O) groups is 1. The van der Waals surface area contributed by atoms with E-state index in [0.717, 1.165) is 0 Å². The van der Waals surface area contributed by atoms with E-state index in [-0.39, 0.29) is 29.9 Å². The minimum atomic E-state index is -4.31. The van der Waals surface area contributed by atoms with Gasteiger partial charge in [-0.05, 0) is 73.6 Å². The Bertz CT molecular complexity index is 991. The van der Waals surface area contributed by atoms with Crippen LogP contribution in [0.1, 0.15) is 67.8 Å². The van der Waals surface area contributed by atoms with Crippen LogP contribution in [0.25, 0.3) is 0 Å². The van der Waals surface area contributed by atoms with E-state index in [0.29, 0.717) is 31.5 Å². The first-order chi connectivity index (χ1) is 16.1. The van der Waals surface area contributed by atoms with Crippen LogP contribution in [0.3, 0.4) is 0 Å². The van der Waals surface area contributed by atoms with Crippen molar-refractivity contribution >= 4 is 16.0 Å². The Morgan fingerprint density at radius 1 is 1.03 bits per heavy atom. The number of hydrogen-bond donors (Lipinski definition) is 0. The molecule has 0 spiro atoms. The molecule has 0 saturated carbocycles. The second-order valence-electron chi connectivity index (χ2n) is 8.00. The van der Waals surface area contributed by atoms with Crippen molar-refractivity contribution in [1.29, 1.82) is 0 Å². The van der Waals surface area contributed by atoms with Crippen LogP contribution < -0.4 is 0 Å². The number of carbonyl (C=O) groups excluding carboxylic acids is 1. The summed E-state index contributed by atoms with van der Waals surface area (Å²) in [5.74, 6) is -1.40. The monoisotopic (exact) mass is 500 g/mol. The van der Waals surface area contributed by atoms with E-state index in [1.165, 1.54) is 41.0 Å². The van der Waals surface area contributed by atoms with E-state index in [2.05, 4.69) is 4.98 Å². The number of halogens is 3. The number of pyridine rings is 1. The largest absolute Gasteiger partial charge is 0.462 e. The quantitative estimate of drug-likeness (QED) is 0.266. The molecule has 1 heterocycles. The molecule has 0 amide bonds. The summed E-state index contributed by atoms with van der Waals surface area (Å²) in [7, 11) is -3.65. The zero-order valence-electron chi connectivity index (χ0n) is 19.4. The maximum Gasteiger partial charge on any atom is 0.389 e. The molecule has 0 N–H and O–H groups in total. The van der Waals surface area contributed by atoms with Crippen molar-refractivity contribution in [1.82, 2.24) is 9.29 Å². The molecule has 34 heavy (non-hydrogen) atoms. The van der Waals surface area contributed by atoms with Gasteiger partial charge in [-0.2, -0.15) is 17.5 Å². The van der Waals surface area contributed by atoms with Crippen LogP contribution >= 0.6 is 0 Å². The predicted molar refractivity (Wildman–Crippen MR) is 123 cm³/mol. The Morgan fingerprint density at radius 2 is 1.62 bits per heavy atom. The van der Waals surface area contributed by atoms with Crippen molar-refractivity contribution < 1.29 is 31.1 Å². The van der Waals surface area contributed by atoms with Gasteiger partial charge in [0, 0.05) is 25.5 Å². The van der Waals surface area contributed by atoms with Gasteiger partial charge in [-0.3, -0.25) is 4.98 Å². The van der Waals surface area contributed by atoms with Gasteiger partial charge in [-0.25, -0.2) is 13.2 Å². The van der Waals surface area contributed by atoms with Crippen molar-refractivity contribution in [2.45, 2.75) is 62.9 Å². The summed E-state index contributed by atoms with van der Waals surface area (Å²) in [6, 6.07) is 8.61. The summed E-state index contributed by atoms with van der Waals surface area (Å²) in [5, 5.41) is 0. The van der Waals surface area contributed by atoms with Gasteiger partial charge in [-0.1, -0.05) is 13.8 Å². The highest BCUT2D eigenvalue weighted by atomic mass is 32.2. The number of sulfonamides is 1. The second kappa shape index (κ2) is 12.9. The lowest BCUT2D eigenvalue weighted by atomic mass is 9.92. The van der Waals surface area contributed by atoms with Crippen LogP contribution in [-0.4, -0.2) is 49.5 Å². The topological polar surface area (TPSA) is 76.6 Å². The summed E-state index contributed by atoms with van der Waals surface area (Å²) >= 11 is 0. The zero-order chi connectivity index (χ0) is 25.2. The summed E-state index contributed by atoms with van der Waals surface area (Å²) in [4.78, 5) is 16.2. The lowest BCUT2D eigenvalue weighted by molar-refractivity contribution is -0.139. The van der Waals surface area contributed by atoms with Crippen LogP contribution in [0, 0.1) is 0 Å². The Morgan fingerprint density at radius 3 is 2.15 bits per heavy atom. The van der Waals surface area contributed by atoms with E-state index in [9.17, 15) is 26.4 Å². The standard InChI is InChI=1S/C24H31F3N2O4S/c1-3-15-29(16-4-2)34(31,32)22-9-7-20(8-10-22)23(30)33-17-5-6-21(18-24(25,26)27)19-11-13-28-14-12-19/h7-14,21H,3-6,15-18H2,1-2H3. The highest BCUT2D eigenvalue weighted by molar-refractivity contribution is 7.89. The molecule has 0 bridgehead atoms. The van der Waals surface area contributed by atoms with E-state index in [4.69, 9.17) is 4.74 Å². The first-order valence-corrected chi connectivity index (χ1v) is 12.8. The number of ether oxygens (including phenoxy) is 1. The Kier molecular flexibility index (Phi) is 10.5. The van der Waals surface area contributed by atoms with Crippen molar-refractivity contribution in [3.8, 4) is 0 Å². The minimum Gasteiger partial charge on any atom is -0.462 e. The maximum absolute atomic E-state index is 13.0. The summed E-state index contributed by atoms with van der Waals surface area (Å²) in [6.45, 7) is 4.59. The fraction of sp³-hybridized carbons (Fsp3) is 0.500. The van der Waals surface area contributed by atoms with E-state index in [1.54, 1.807) is 12.1 Å². The van der Waals surface area contributed by atoms with Crippen LogP contribution in [-0.2, 0) is 14.8 Å². The third kappa shape index (κ3) is 8.39. The van der Waals surface area contributed by atoms with Gasteiger partial charge in [0.1, 0.15) is 0 Å². The zero-order valence-corrected chi connectivity index (χ0v) is 20.2. The number of nitrogens with zero attached hydrogens (tertiary/aromatic N) is 2. The Balaban J connectivity index is 1.94. The molecule has 0 aliphatic rings. The third-order valence-corrected chi connectivity index (χ3v) is 7.17. The first-order valence-electron chi connectivity index (χ1n) is 11.3. The molecule has 10 heteroatoms. The molecule has 0 fully saturated rings. The summed E-state index contributed by atoms with van der Waals surface area (Å²) < 4.78 is 71.1. The Labute approximate surface area is 199 Å². The van der Waals surface area contributed by atoms with Crippen molar-refractivity contribution in [2.24, 2.45) is 0 Å². The highest BCUT2D eigenvalue weighted by Crippen LogP contribution is 2.34. The molecule has 1 aromatic carbocycles. The van der Waals surface area contributed by atoms with Gasteiger partial charge in [-0.15, -0.1) is 0 Å². The number of alkyl halides is 3. The molecule has 188 valence electrons. The smallest absolute Gasteiger partial charge is 0.389 e. The molecule has 1 aromatic heterocycles. The van der Waals surface area contributed by atoms with Crippen molar-refractivity contribution in [2.75, 3.05) is 19.7 Å². The highest BCUT2D eigenvalue weighted by Gasteiger charge is 2.32. The van der Waals surface area contributed by atoms with Crippen LogP contribution in [0.5, 0.6) is 0 Å². The average molecular weight is 501 g/mol. The number of benzene rings is 1. The van der Waals surface area contributed by atoms with E-state index < -0.39 is 34.5 Å². The van der Waals surface area contributed by atoms with E-state index >= 15 is 0 Å². The van der Waals surface area contributed by atoms with E-state index in [1.807, 2.05) is 13.8 Å². The molecule has 1 atom stereocenters. The number of aromatic nitrogens is 1. The molecule has 0 aliphatic heterocycles. The molecule has 0 saturated heterocycles. The molecule has 1 unspecified atom stereocenters. The van der Waals surface area contributed by atoms with Gasteiger partial charge in [0.25, 0.3) is 0 Å². The first kappa shape index (κ1) is 27.8.